The standard InChI is InChI=1S/C13H25NO2/c1-11(2)12(3-6-15)14-9-13(10-14)4-7-16-8-5-13/h11-12,15H,3-10H2,1-2H3. The molecule has 3 heteroatoms. The molecule has 2 fully saturated rings. The summed E-state index contributed by atoms with van der Waals surface area (Å²) in [5, 5.41) is 9.11. The van der Waals surface area contributed by atoms with Crippen LogP contribution in [-0.4, -0.2) is 49.0 Å². The van der Waals surface area contributed by atoms with Gasteiger partial charge in [-0.15, -0.1) is 0 Å². The van der Waals surface area contributed by atoms with Crippen molar-refractivity contribution in [1.29, 1.82) is 0 Å². The van der Waals surface area contributed by atoms with Gasteiger partial charge < -0.3 is 9.84 Å². The fourth-order valence-corrected chi connectivity index (χ4v) is 3.24. The minimum atomic E-state index is 0.315. The van der Waals surface area contributed by atoms with E-state index in [9.17, 15) is 0 Å². The molecule has 1 unspecified atom stereocenters. The molecular formula is C13H25NO2. The number of rotatable bonds is 4. The van der Waals surface area contributed by atoms with Gasteiger partial charge in [-0.05, 0) is 25.2 Å². The molecular weight excluding hydrogens is 202 g/mol. The molecule has 2 aliphatic heterocycles. The van der Waals surface area contributed by atoms with E-state index in [1.165, 1.54) is 25.9 Å². The molecule has 2 saturated heterocycles. The summed E-state index contributed by atoms with van der Waals surface area (Å²) >= 11 is 0. The third-order valence-electron chi connectivity index (χ3n) is 4.29. The highest BCUT2D eigenvalue weighted by molar-refractivity contribution is 4.98. The maximum Gasteiger partial charge on any atom is 0.0472 e. The Kier molecular flexibility index (Phi) is 3.88. The van der Waals surface area contributed by atoms with Crippen molar-refractivity contribution in [2.75, 3.05) is 32.9 Å². The average Bonchev–Trinajstić information content (AvgIpc) is 2.23. The van der Waals surface area contributed by atoms with Gasteiger partial charge in [-0.3, -0.25) is 4.90 Å². The molecule has 0 aromatic carbocycles. The third kappa shape index (κ3) is 2.41. The van der Waals surface area contributed by atoms with E-state index in [0.717, 1.165) is 19.6 Å². The lowest BCUT2D eigenvalue weighted by Gasteiger charge is -2.56. The highest BCUT2D eigenvalue weighted by Crippen LogP contribution is 2.42. The SMILES string of the molecule is CC(C)C(CCO)N1CC2(CCOCC2)C1. The van der Waals surface area contributed by atoms with Gasteiger partial charge in [0.2, 0.25) is 0 Å². The molecule has 2 rings (SSSR count). The minimum absolute atomic E-state index is 0.315. The van der Waals surface area contributed by atoms with E-state index in [2.05, 4.69) is 18.7 Å². The van der Waals surface area contributed by atoms with Crippen LogP contribution in [0.3, 0.4) is 0 Å². The molecule has 2 heterocycles. The van der Waals surface area contributed by atoms with Gasteiger partial charge >= 0.3 is 0 Å². The zero-order valence-corrected chi connectivity index (χ0v) is 10.6. The highest BCUT2D eigenvalue weighted by atomic mass is 16.5. The summed E-state index contributed by atoms with van der Waals surface area (Å²) in [5.41, 5.74) is 0.556. The summed E-state index contributed by atoms with van der Waals surface area (Å²) < 4.78 is 5.43. The number of aliphatic hydroxyl groups excluding tert-OH is 1. The van der Waals surface area contributed by atoms with E-state index < -0.39 is 0 Å². The van der Waals surface area contributed by atoms with E-state index in [1.807, 2.05) is 0 Å². The van der Waals surface area contributed by atoms with Gasteiger partial charge in [0.05, 0.1) is 0 Å². The fraction of sp³-hybridized carbons (Fsp3) is 1.00. The quantitative estimate of drug-likeness (QED) is 0.790. The smallest absolute Gasteiger partial charge is 0.0472 e. The summed E-state index contributed by atoms with van der Waals surface area (Å²) in [4.78, 5) is 2.56. The normalized spacial score (nSPS) is 27.0. The Bertz CT molecular complexity index is 216. The Morgan fingerprint density at radius 3 is 2.38 bits per heavy atom. The van der Waals surface area contributed by atoms with Crippen LogP contribution in [0.15, 0.2) is 0 Å². The number of hydrogen-bond acceptors (Lipinski definition) is 3. The predicted octanol–water partition coefficient (Wildman–Crippen LogP) is 1.51. The molecule has 1 atom stereocenters. The fourth-order valence-electron chi connectivity index (χ4n) is 3.24. The van der Waals surface area contributed by atoms with E-state index in [4.69, 9.17) is 9.84 Å². The second-order valence-corrected chi connectivity index (χ2v) is 5.84. The summed E-state index contributed by atoms with van der Waals surface area (Å²) in [7, 11) is 0. The Hall–Kier alpha value is -0.120. The molecule has 94 valence electrons. The zero-order chi connectivity index (χ0) is 11.6. The molecule has 3 nitrogen and oxygen atoms in total. The van der Waals surface area contributed by atoms with Crippen LogP contribution in [0.2, 0.25) is 0 Å². The van der Waals surface area contributed by atoms with Gasteiger partial charge in [0.1, 0.15) is 0 Å². The van der Waals surface area contributed by atoms with E-state index in [0.29, 0.717) is 24.0 Å². The molecule has 16 heavy (non-hydrogen) atoms. The van der Waals surface area contributed by atoms with Crippen molar-refractivity contribution in [3.63, 3.8) is 0 Å². The summed E-state index contributed by atoms with van der Waals surface area (Å²) in [5.74, 6) is 0.643. The third-order valence-corrected chi connectivity index (χ3v) is 4.29. The van der Waals surface area contributed by atoms with Crippen molar-refractivity contribution >= 4 is 0 Å². The van der Waals surface area contributed by atoms with Crippen molar-refractivity contribution < 1.29 is 9.84 Å². The number of ether oxygens (including phenoxy) is 1. The van der Waals surface area contributed by atoms with Crippen molar-refractivity contribution in [3.8, 4) is 0 Å². The monoisotopic (exact) mass is 227 g/mol. The van der Waals surface area contributed by atoms with Crippen LogP contribution in [0.5, 0.6) is 0 Å². The van der Waals surface area contributed by atoms with Crippen LogP contribution in [-0.2, 0) is 4.74 Å². The number of hydrogen-bond donors (Lipinski definition) is 1. The lowest BCUT2D eigenvalue weighted by Crippen LogP contribution is -2.62. The van der Waals surface area contributed by atoms with Gasteiger partial charge in [-0.2, -0.15) is 0 Å². The summed E-state index contributed by atoms with van der Waals surface area (Å²) in [6, 6.07) is 0.568. The Labute approximate surface area is 98.8 Å². The van der Waals surface area contributed by atoms with Gasteiger partial charge in [-0.1, -0.05) is 13.8 Å². The molecule has 0 bridgehead atoms. The topological polar surface area (TPSA) is 32.7 Å². The van der Waals surface area contributed by atoms with Crippen molar-refractivity contribution in [2.24, 2.45) is 11.3 Å². The summed E-state index contributed by atoms with van der Waals surface area (Å²) in [6.45, 7) is 9.17. The molecule has 0 saturated carbocycles. The van der Waals surface area contributed by atoms with Crippen molar-refractivity contribution in [1.82, 2.24) is 4.90 Å². The van der Waals surface area contributed by atoms with E-state index in [-0.39, 0.29) is 0 Å². The molecule has 1 spiro atoms. The van der Waals surface area contributed by atoms with E-state index in [1.54, 1.807) is 0 Å². The van der Waals surface area contributed by atoms with Crippen molar-refractivity contribution in [3.05, 3.63) is 0 Å². The van der Waals surface area contributed by atoms with Crippen LogP contribution in [0.25, 0.3) is 0 Å². The Balaban J connectivity index is 1.85. The molecule has 0 radical (unpaired) electrons. The molecule has 2 aliphatic rings. The molecule has 0 aliphatic carbocycles. The van der Waals surface area contributed by atoms with Gasteiger partial charge in [0.15, 0.2) is 0 Å². The first-order valence-electron chi connectivity index (χ1n) is 6.59. The predicted molar refractivity (Wildman–Crippen MR) is 64.4 cm³/mol. The number of aliphatic hydroxyl groups is 1. The van der Waals surface area contributed by atoms with Crippen LogP contribution in [0.4, 0.5) is 0 Å². The first-order valence-corrected chi connectivity index (χ1v) is 6.59. The molecule has 0 aromatic rings. The summed E-state index contributed by atoms with van der Waals surface area (Å²) in [6.07, 6.45) is 3.38. The van der Waals surface area contributed by atoms with Crippen LogP contribution in [0.1, 0.15) is 33.1 Å². The van der Waals surface area contributed by atoms with Crippen molar-refractivity contribution in [2.45, 2.75) is 39.2 Å². The highest BCUT2D eigenvalue weighted by Gasteiger charge is 2.46. The minimum Gasteiger partial charge on any atom is -0.396 e. The average molecular weight is 227 g/mol. The Morgan fingerprint density at radius 1 is 1.25 bits per heavy atom. The lowest BCUT2D eigenvalue weighted by molar-refractivity contribution is -0.106. The molecule has 1 N–H and O–H groups in total. The lowest BCUT2D eigenvalue weighted by atomic mass is 9.72. The molecule has 0 aromatic heterocycles. The van der Waals surface area contributed by atoms with Gasteiger partial charge in [0.25, 0.3) is 0 Å². The van der Waals surface area contributed by atoms with Gasteiger partial charge in [0, 0.05) is 44.4 Å². The van der Waals surface area contributed by atoms with Crippen LogP contribution >= 0.6 is 0 Å². The van der Waals surface area contributed by atoms with Crippen LogP contribution in [0, 0.1) is 11.3 Å². The maximum atomic E-state index is 9.11. The first kappa shape index (κ1) is 12.3. The zero-order valence-electron chi connectivity index (χ0n) is 10.6. The first-order chi connectivity index (χ1) is 7.67. The second-order valence-electron chi connectivity index (χ2n) is 5.84. The largest absolute Gasteiger partial charge is 0.396 e. The van der Waals surface area contributed by atoms with E-state index >= 15 is 0 Å². The maximum absolute atomic E-state index is 9.11. The number of nitrogens with zero attached hydrogens (tertiary/aromatic N) is 1. The Morgan fingerprint density at radius 2 is 1.88 bits per heavy atom. The van der Waals surface area contributed by atoms with Crippen LogP contribution < -0.4 is 0 Å². The number of likely N-dealkylation sites (tertiary alicyclic amines) is 1. The van der Waals surface area contributed by atoms with Gasteiger partial charge in [-0.25, -0.2) is 0 Å². The molecule has 0 amide bonds. The second kappa shape index (κ2) is 5.03.